The van der Waals surface area contributed by atoms with E-state index in [1.165, 1.54) is 32.3 Å². The van der Waals surface area contributed by atoms with Gasteiger partial charge in [0.1, 0.15) is 0 Å². The first-order valence-electron chi connectivity index (χ1n) is 7.19. The number of hydrogen-bond acceptors (Lipinski definition) is 0. The van der Waals surface area contributed by atoms with Crippen LogP contribution < -0.4 is 0 Å². The summed E-state index contributed by atoms with van der Waals surface area (Å²) in [6.45, 7) is 0. The quantitative estimate of drug-likeness (QED) is 0.202. The molecule has 5 aromatic carbocycles. The van der Waals surface area contributed by atoms with Crippen molar-refractivity contribution >= 4 is 70.6 Å². The molecule has 0 aliphatic heterocycles. The Labute approximate surface area is 140 Å². The molecule has 0 fully saturated rings. The zero-order valence-corrected chi connectivity index (χ0v) is 13.9. The van der Waals surface area contributed by atoms with Gasteiger partial charge in [-0.2, -0.15) is 0 Å². The third-order valence-electron chi connectivity index (χ3n) is 4.55. The Morgan fingerprint density at radius 2 is 1.27 bits per heavy atom. The highest BCUT2D eigenvalue weighted by atomic mass is 79.9. The topological polar surface area (TPSA) is 0 Å². The lowest BCUT2D eigenvalue weighted by Crippen LogP contribution is -1.87. The van der Waals surface area contributed by atoms with E-state index in [2.05, 4.69) is 70.5 Å². The summed E-state index contributed by atoms with van der Waals surface area (Å²) < 4.78 is 1.12. The monoisotopic (exact) mass is 364 g/mol. The van der Waals surface area contributed by atoms with Crippen LogP contribution in [0, 0.1) is 0 Å². The fourth-order valence-electron chi connectivity index (χ4n) is 3.57. The summed E-state index contributed by atoms with van der Waals surface area (Å²) in [5.41, 5.74) is 0. The van der Waals surface area contributed by atoms with Crippen LogP contribution >= 0.6 is 27.5 Å². The highest BCUT2D eigenvalue weighted by Gasteiger charge is 2.15. The van der Waals surface area contributed by atoms with Crippen LogP contribution in [0.5, 0.6) is 0 Å². The molecule has 0 bridgehead atoms. The van der Waals surface area contributed by atoms with E-state index in [0.29, 0.717) is 0 Å². The van der Waals surface area contributed by atoms with Crippen LogP contribution in [0.25, 0.3) is 43.1 Å². The Hall–Kier alpha value is -1.83. The fourth-order valence-corrected chi connectivity index (χ4v) is 4.36. The van der Waals surface area contributed by atoms with Gasteiger partial charge in [0.05, 0.1) is 5.02 Å². The van der Waals surface area contributed by atoms with Crippen molar-refractivity contribution in [3.8, 4) is 0 Å². The van der Waals surface area contributed by atoms with Gasteiger partial charge in [0, 0.05) is 15.2 Å². The summed E-state index contributed by atoms with van der Waals surface area (Å²) >= 11 is 10.4. The maximum Gasteiger partial charge on any atom is 0.0563 e. The summed E-state index contributed by atoms with van der Waals surface area (Å²) in [6.07, 6.45) is 0. The van der Waals surface area contributed by atoms with Gasteiger partial charge in [-0.1, -0.05) is 82.1 Å². The van der Waals surface area contributed by atoms with Gasteiger partial charge in [0.25, 0.3) is 0 Å². The number of halogens is 2. The first-order chi connectivity index (χ1) is 10.8. The summed E-state index contributed by atoms with van der Waals surface area (Å²) in [6, 6.07) is 21.4. The Morgan fingerprint density at radius 1 is 0.591 bits per heavy atom. The lowest BCUT2D eigenvalue weighted by molar-refractivity contribution is 1.75. The molecule has 0 aromatic heterocycles. The minimum Gasteiger partial charge on any atom is -0.0830 e. The molecule has 0 N–H and O–H groups in total. The molecule has 104 valence electrons. The van der Waals surface area contributed by atoms with Gasteiger partial charge in [-0.25, -0.2) is 0 Å². The summed E-state index contributed by atoms with van der Waals surface area (Å²) in [5.74, 6) is 0. The first-order valence-corrected chi connectivity index (χ1v) is 8.36. The van der Waals surface area contributed by atoms with Crippen molar-refractivity contribution < 1.29 is 0 Å². The van der Waals surface area contributed by atoms with E-state index in [-0.39, 0.29) is 0 Å². The van der Waals surface area contributed by atoms with E-state index in [0.717, 1.165) is 20.3 Å². The molecule has 0 amide bonds. The number of rotatable bonds is 0. The molecular weight excluding hydrogens is 356 g/mol. The smallest absolute Gasteiger partial charge is 0.0563 e. The van der Waals surface area contributed by atoms with Gasteiger partial charge in [0.2, 0.25) is 0 Å². The maximum absolute atomic E-state index is 6.73. The molecule has 0 radical (unpaired) electrons. The van der Waals surface area contributed by atoms with Crippen molar-refractivity contribution in [1.82, 2.24) is 0 Å². The van der Waals surface area contributed by atoms with Crippen molar-refractivity contribution in [2.45, 2.75) is 0 Å². The second-order valence-corrected chi connectivity index (χ2v) is 6.89. The zero-order chi connectivity index (χ0) is 14.8. The van der Waals surface area contributed by atoms with Gasteiger partial charge in [-0.3, -0.25) is 0 Å². The van der Waals surface area contributed by atoms with Crippen LogP contribution in [0.1, 0.15) is 0 Å². The SMILES string of the molecule is Clc1c2ccccc2c2ccc3ccc(Br)c4ccc1c2c34. The van der Waals surface area contributed by atoms with E-state index in [1.807, 2.05) is 6.07 Å². The van der Waals surface area contributed by atoms with Crippen molar-refractivity contribution in [3.63, 3.8) is 0 Å². The van der Waals surface area contributed by atoms with Crippen LogP contribution in [-0.4, -0.2) is 0 Å². The average molecular weight is 366 g/mol. The highest BCUT2D eigenvalue weighted by molar-refractivity contribution is 9.10. The van der Waals surface area contributed by atoms with Crippen molar-refractivity contribution in [3.05, 3.63) is 70.2 Å². The average Bonchev–Trinajstić information content (AvgIpc) is 2.57. The molecule has 0 aliphatic rings. The van der Waals surface area contributed by atoms with E-state index in [9.17, 15) is 0 Å². The van der Waals surface area contributed by atoms with Crippen molar-refractivity contribution in [2.75, 3.05) is 0 Å². The van der Waals surface area contributed by atoms with E-state index < -0.39 is 0 Å². The lowest BCUT2D eigenvalue weighted by atomic mass is 9.91. The predicted octanol–water partition coefficient (Wildman–Crippen LogP) is 7.15. The van der Waals surface area contributed by atoms with Gasteiger partial charge >= 0.3 is 0 Å². The van der Waals surface area contributed by atoms with Crippen LogP contribution in [0.4, 0.5) is 0 Å². The van der Waals surface area contributed by atoms with Gasteiger partial charge < -0.3 is 0 Å². The van der Waals surface area contributed by atoms with Gasteiger partial charge in [-0.05, 0) is 38.4 Å². The molecule has 0 saturated carbocycles. The molecule has 2 heteroatoms. The number of hydrogen-bond donors (Lipinski definition) is 0. The number of benzene rings is 5. The van der Waals surface area contributed by atoms with Crippen molar-refractivity contribution in [1.29, 1.82) is 0 Å². The minimum absolute atomic E-state index is 0.845. The summed E-state index contributed by atoms with van der Waals surface area (Å²) in [4.78, 5) is 0. The number of fused-ring (bicyclic) bond motifs is 2. The second kappa shape index (κ2) is 4.34. The summed E-state index contributed by atoms with van der Waals surface area (Å²) in [7, 11) is 0. The molecule has 5 aromatic rings. The molecule has 0 spiro atoms. The molecular formula is C20H10BrCl. The molecule has 0 nitrogen and oxygen atoms in total. The maximum atomic E-state index is 6.73. The lowest BCUT2D eigenvalue weighted by Gasteiger charge is -2.15. The molecule has 0 atom stereocenters. The Kier molecular flexibility index (Phi) is 2.51. The molecule has 0 saturated heterocycles. The molecule has 0 heterocycles. The van der Waals surface area contributed by atoms with Crippen LogP contribution in [0.2, 0.25) is 5.02 Å². The minimum atomic E-state index is 0.845. The van der Waals surface area contributed by atoms with E-state index in [4.69, 9.17) is 11.6 Å². The highest BCUT2D eigenvalue weighted by Crippen LogP contribution is 2.43. The fraction of sp³-hybridized carbons (Fsp3) is 0. The van der Waals surface area contributed by atoms with Crippen molar-refractivity contribution in [2.24, 2.45) is 0 Å². The van der Waals surface area contributed by atoms with Gasteiger partial charge in [0.15, 0.2) is 0 Å². The second-order valence-electron chi connectivity index (χ2n) is 5.65. The zero-order valence-electron chi connectivity index (χ0n) is 11.5. The summed E-state index contributed by atoms with van der Waals surface area (Å²) in [5, 5.41) is 10.6. The van der Waals surface area contributed by atoms with Crippen LogP contribution in [0.15, 0.2) is 65.1 Å². The third kappa shape index (κ3) is 1.48. The van der Waals surface area contributed by atoms with Crippen LogP contribution in [0.3, 0.4) is 0 Å². The first kappa shape index (κ1) is 12.7. The van der Waals surface area contributed by atoms with E-state index in [1.54, 1.807) is 0 Å². The molecule has 5 rings (SSSR count). The molecule has 0 aliphatic carbocycles. The molecule has 22 heavy (non-hydrogen) atoms. The standard InChI is InChI=1S/C20H10BrCl/c21-17-10-6-11-5-7-13-12-3-1-2-4-14(12)20(22)16-9-8-15(17)18(11)19(13)16/h1-10H. The van der Waals surface area contributed by atoms with Gasteiger partial charge in [-0.15, -0.1) is 0 Å². The Morgan fingerprint density at radius 3 is 2.14 bits per heavy atom. The normalized spacial score (nSPS) is 12.1. The Bertz CT molecular complexity index is 1190. The van der Waals surface area contributed by atoms with E-state index >= 15 is 0 Å². The van der Waals surface area contributed by atoms with Crippen LogP contribution in [-0.2, 0) is 0 Å². The molecule has 0 unspecified atom stereocenters. The predicted molar refractivity (Wildman–Crippen MR) is 100 cm³/mol. The Balaban J connectivity index is 2.24. The third-order valence-corrected chi connectivity index (χ3v) is 5.65. The largest absolute Gasteiger partial charge is 0.0830 e.